The summed E-state index contributed by atoms with van der Waals surface area (Å²) in [4.78, 5) is 11.1. The van der Waals surface area contributed by atoms with E-state index in [0.29, 0.717) is 19.3 Å². The van der Waals surface area contributed by atoms with E-state index in [1.54, 1.807) is 0 Å². The molecular weight excluding hydrogens is 226 g/mol. The third kappa shape index (κ3) is 4.37. The van der Waals surface area contributed by atoms with Crippen LogP contribution in [0.15, 0.2) is 23.8 Å². The highest BCUT2D eigenvalue weighted by Crippen LogP contribution is 2.37. The van der Waals surface area contributed by atoms with Gasteiger partial charge in [-0.25, -0.2) is 0 Å². The van der Waals surface area contributed by atoms with Crippen LogP contribution in [0, 0.1) is 16.7 Å². The molecule has 0 aromatic rings. The van der Waals surface area contributed by atoms with E-state index in [2.05, 4.69) is 10.8 Å². The quantitative estimate of drug-likeness (QED) is 0.509. The smallest absolute Gasteiger partial charge is 0.305 e. The van der Waals surface area contributed by atoms with Crippen molar-refractivity contribution in [3.8, 4) is 6.07 Å². The van der Waals surface area contributed by atoms with Gasteiger partial charge in [-0.2, -0.15) is 5.26 Å². The fraction of sp³-hybridized carbons (Fsp3) is 0.600. The summed E-state index contributed by atoms with van der Waals surface area (Å²) < 4.78 is 4.62. The highest BCUT2D eigenvalue weighted by Gasteiger charge is 2.30. The number of nitrogens with zero attached hydrogens (tertiary/aromatic N) is 1. The summed E-state index contributed by atoms with van der Waals surface area (Å²) in [5, 5.41) is 9.49. The van der Waals surface area contributed by atoms with Gasteiger partial charge in [0.2, 0.25) is 0 Å². The number of nitriles is 1. The minimum Gasteiger partial charge on any atom is -0.469 e. The summed E-state index contributed by atoms with van der Waals surface area (Å²) in [5.41, 5.74) is 0.537. The molecule has 0 rings (SSSR count). The van der Waals surface area contributed by atoms with E-state index in [9.17, 15) is 10.1 Å². The Morgan fingerprint density at radius 3 is 2.50 bits per heavy atom. The summed E-state index contributed by atoms with van der Waals surface area (Å²) in [6.07, 6.45) is 8.36. The van der Waals surface area contributed by atoms with Crippen molar-refractivity contribution in [2.75, 3.05) is 7.11 Å². The number of methoxy groups -OCH3 is 1. The van der Waals surface area contributed by atoms with Gasteiger partial charge in [0.05, 0.1) is 18.6 Å². The van der Waals surface area contributed by atoms with Crippen molar-refractivity contribution in [3.63, 3.8) is 0 Å². The first-order valence-electron chi connectivity index (χ1n) is 6.37. The van der Waals surface area contributed by atoms with E-state index in [1.807, 2.05) is 39.0 Å². The maximum absolute atomic E-state index is 11.1. The Balaban J connectivity index is 4.83. The highest BCUT2D eigenvalue weighted by molar-refractivity contribution is 5.69. The fourth-order valence-corrected chi connectivity index (χ4v) is 2.07. The van der Waals surface area contributed by atoms with E-state index in [-0.39, 0.29) is 5.97 Å². The third-order valence-corrected chi connectivity index (χ3v) is 3.24. The first-order valence-corrected chi connectivity index (χ1v) is 6.37. The van der Waals surface area contributed by atoms with Gasteiger partial charge in [0, 0.05) is 6.42 Å². The Morgan fingerprint density at radius 2 is 2.11 bits per heavy atom. The SMILES string of the molecule is C/C=C\C(=C/C)C(C#N)(CC)CCCC(=O)OC. The number of carbonyl (C=O) groups excluding carboxylic acids is 1. The zero-order valence-electron chi connectivity index (χ0n) is 11.8. The molecule has 3 nitrogen and oxygen atoms in total. The van der Waals surface area contributed by atoms with Crippen LogP contribution >= 0.6 is 0 Å². The van der Waals surface area contributed by atoms with Gasteiger partial charge in [-0.15, -0.1) is 0 Å². The van der Waals surface area contributed by atoms with Crippen molar-refractivity contribution in [2.45, 2.75) is 46.5 Å². The predicted octanol–water partition coefficient (Wildman–Crippen LogP) is 3.77. The number of ether oxygens (including phenoxy) is 1. The Morgan fingerprint density at radius 1 is 1.44 bits per heavy atom. The molecule has 0 aromatic heterocycles. The molecule has 0 fully saturated rings. The molecule has 1 unspecified atom stereocenters. The van der Waals surface area contributed by atoms with Crippen LogP contribution in [0.3, 0.4) is 0 Å². The molecule has 100 valence electrons. The topological polar surface area (TPSA) is 50.1 Å². The molecule has 0 saturated heterocycles. The van der Waals surface area contributed by atoms with Crippen molar-refractivity contribution < 1.29 is 9.53 Å². The van der Waals surface area contributed by atoms with Crippen LogP contribution in [0.25, 0.3) is 0 Å². The Kier molecular flexibility index (Phi) is 7.78. The van der Waals surface area contributed by atoms with Crippen LogP contribution in [0.2, 0.25) is 0 Å². The molecule has 0 spiro atoms. The molecule has 3 heteroatoms. The first-order chi connectivity index (χ1) is 8.60. The normalized spacial score (nSPS) is 15.2. The van der Waals surface area contributed by atoms with Gasteiger partial charge < -0.3 is 4.74 Å². The van der Waals surface area contributed by atoms with Crippen LogP contribution < -0.4 is 0 Å². The van der Waals surface area contributed by atoms with E-state index in [4.69, 9.17) is 0 Å². The number of hydrogen-bond donors (Lipinski definition) is 0. The number of allylic oxidation sites excluding steroid dienone is 4. The number of esters is 1. The van der Waals surface area contributed by atoms with Crippen LogP contribution in [-0.4, -0.2) is 13.1 Å². The van der Waals surface area contributed by atoms with E-state index >= 15 is 0 Å². The standard InChI is InChI=1S/C15H23NO2/c1-5-9-13(6-2)15(7-3,12-16)11-8-10-14(17)18-4/h5-6,9H,7-8,10-11H2,1-4H3/b9-5-,13-6+. The monoisotopic (exact) mass is 249 g/mol. The van der Waals surface area contributed by atoms with Gasteiger partial charge in [0.15, 0.2) is 0 Å². The zero-order valence-corrected chi connectivity index (χ0v) is 11.8. The van der Waals surface area contributed by atoms with Gasteiger partial charge in [-0.05, 0) is 38.7 Å². The van der Waals surface area contributed by atoms with Crippen molar-refractivity contribution in [1.29, 1.82) is 5.26 Å². The third-order valence-electron chi connectivity index (χ3n) is 3.24. The molecule has 0 N–H and O–H groups in total. The summed E-state index contributed by atoms with van der Waals surface area (Å²) in [6, 6.07) is 2.42. The molecule has 0 heterocycles. The first kappa shape index (κ1) is 16.4. The number of rotatable bonds is 7. The molecule has 0 radical (unpaired) electrons. The van der Waals surface area contributed by atoms with Gasteiger partial charge in [0.1, 0.15) is 0 Å². The van der Waals surface area contributed by atoms with Crippen LogP contribution in [-0.2, 0) is 9.53 Å². The van der Waals surface area contributed by atoms with Gasteiger partial charge in [0.25, 0.3) is 0 Å². The zero-order chi connectivity index (χ0) is 14.0. The largest absolute Gasteiger partial charge is 0.469 e. The Labute approximate surface area is 110 Å². The number of hydrogen-bond acceptors (Lipinski definition) is 3. The summed E-state index contributed by atoms with van der Waals surface area (Å²) in [6.45, 7) is 5.89. The van der Waals surface area contributed by atoms with Crippen molar-refractivity contribution in [1.82, 2.24) is 0 Å². The molecule has 18 heavy (non-hydrogen) atoms. The molecule has 0 aromatic carbocycles. The molecule has 0 saturated carbocycles. The van der Waals surface area contributed by atoms with Crippen LogP contribution in [0.5, 0.6) is 0 Å². The lowest BCUT2D eigenvalue weighted by Crippen LogP contribution is -2.20. The van der Waals surface area contributed by atoms with E-state index in [0.717, 1.165) is 12.0 Å². The molecule has 0 aliphatic heterocycles. The molecule has 0 amide bonds. The summed E-state index contributed by atoms with van der Waals surface area (Å²) >= 11 is 0. The highest BCUT2D eigenvalue weighted by atomic mass is 16.5. The number of carbonyl (C=O) groups is 1. The average Bonchev–Trinajstić information content (AvgIpc) is 2.41. The molecular formula is C15H23NO2. The van der Waals surface area contributed by atoms with Gasteiger partial charge in [-0.1, -0.05) is 25.2 Å². The van der Waals surface area contributed by atoms with Crippen molar-refractivity contribution in [3.05, 3.63) is 23.8 Å². The summed E-state index contributed by atoms with van der Waals surface area (Å²) in [5.74, 6) is -0.217. The lowest BCUT2D eigenvalue weighted by Gasteiger charge is -2.26. The fourth-order valence-electron chi connectivity index (χ4n) is 2.07. The minimum absolute atomic E-state index is 0.217. The van der Waals surface area contributed by atoms with Crippen LogP contribution in [0.1, 0.15) is 46.5 Å². The minimum atomic E-state index is -0.491. The van der Waals surface area contributed by atoms with E-state index in [1.165, 1.54) is 7.11 Å². The molecule has 0 aliphatic rings. The lowest BCUT2D eigenvalue weighted by molar-refractivity contribution is -0.140. The lowest BCUT2D eigenvalue weighted by atomic mass is 9.74. The molecule has 1 atom stereocenters. The average molecular weight is 249 g/mol. The Bertz CT molecular complexity index is 363. The predicted molar refractivity (Wildman–Crippen MR) is 72.8 cm³/mol. The molecule has 0 aliphatic carbocycles. The van der Waals surface area contributed by atoms with Gasteiger partial charge >= 0.3 is 5.97 Å². The maximum atomic E-state index is 11.1. The Hall–Kier alpha value is -1.56. The maximum Gasteiger partial charge on any atom is 0.305 e. The molecule has 0 bridgehead atoms. The van der Waals surface area contributed by atoms with E-state index < -0.39 is 5.41 Å². The second-order valence-corrected chi connectivity index (χ2v) is 4.22. The summed E-state index contributed by atoms with van der Waals surface area (Å²) in [7, 11) is 1.39. The van der Waals surface area contributed by atoms with Crippen molar-refractivity contribution >= 4 is 5.97 Å². The second kappa shape index (κ2) is 8.52. The van der Waals surface area contributed by atoms with Crippen LogP contribution in [0.4, 0.5) is 0 Å². The van der Waals surface area contributed by atoms with Gasteiger partial charge in [-0.3, -0.25) is 4.79 Å². The second-order valence-electron chi connectivity index (χ2n) is 4.22. The van der Waals surface area contributed by atoms with Crippen molar-refractivity contribution in [2.24, 2.45) is 5.41 Å².